The van der Waals surface area contributed by atoms with Gasteiger partial charge < -0.3 is 4.74 Å². The van der Waals surface area contributed by atoms with E-state index in [1.165, 1.54) is 32.1 Å². The maximum atomic E-state index is 5.78. The molecule has 0 N–H and O–H groups in total. The Hall–Kier alpha value is 0.0500. The van der Waals surface area contributed by atoms with E-state index in [4.69, 9.17) is 4.74 Å². The van der Waals surface area contributed by atoms with Gasteiger partial charge >= 0.3 is 0 Å². The van der Waals surface area contributed by atoms with Crippen LogP contribution in [0.25, 0.3) is 0 Å². The number of ether oxygens (including phenoxy) is 1. The Kier molecular flexibility index (Phi) is 2.70. The lowest BCUT2D eigenvalue weighted by molar-refractivity contribution is 0.0975. The number of thioether (sulfide) groups is 1. The van der Waals surface area contributed by atoms with Crippen LogP contribution in [0.15, 0.2) is 10.5 Å². The molecule has 13 heavy (non-hydrogen) atoms. The summed E-state index contributed by atoms with van der Waals surface area (Å²) >= 11 is 1.98. The molecule has 1 atom stereocenters. The third-order valence-corrected chi connectivity index (χ3v) is 4.51. The normalized spacial score (nSPS) is 34.6. The summed E-state index contributed by atoms with van der Waals surface area (Å²) < 4.78 is 5.78. The van der Waals surface area contributed by atoms with Gasteiger partial charge in [0.05, 0.1) is 0 Å². The van der Waals surface area contributed by atoms with Gasteiger partial charge in [0.1, 0.15) is 4.93 Å². The Labute approximate surface area is 84.9 Å². The Bertz CT molecular complexity index is 226. The number of hydrogen-bond acceptors (Lipinski definition) is 2. The minimum absolute atomic E-state index is 0.0981. The zero-order chi connectivity index (χ0) is 9.31. The van der Waals surface area contributed by atoms with E-state index < -0.39 is 0 Å². The van der Waals surface area contributed by atoms with Crippen molar-refractivity contribution < 1.29 is 4.74 Å². The number of hydrogen-bond donors (Lipinski definition) is 0. The van der Waals surface area contributed by atoms with Gasteiger partial charge in [0.2, 0.25) is 0 Å². The summed E-state index contributed by atoms with van der Waals surface area (Å²) in [6, 6.07) is 0. The summed E-state index contributed by atoms with van der Waals surface area (Å²) in [6.07, 6.45) is 6.39. The smallest absolute Gasteiger partial charge is 0.115 e. The molecule has 0 aromatic heterocycles. The van der Waals surface area contributed by atoms with Crippen LogP contribution in [0.4, 0.5) is 0 Å². The van der Waals surface area contributed by atoms with Crippen LogP contribution >= 0.6 is 11.8 Å². The molecule has 1 nitrogen and oxygen atoms in total. The summed E-state index contributed by atoms with van der Waals surface area (Å²) in [7, 11) is 0. The molecule has 0 amide bonds. The minimum Gasteiger partial charge on any atom is -0.364 e. The van der Waals surface area contributed by atoms with Gasteiger partial charge in [0.15, 0.2) is 0 Å². The van der Waals surface area contributed by atoms with E-state index in [2.05, 4.69) is 13.8 Å². The van der Waals surface area contributed by atoms with Crippen LogP contribution in [0, 0.1) is 0 Å². The van der Waals surface area contributed by atoms with Crippen molar-refractivity contribution >= 4 is 11.8 Å². The molecule has 0 aromatic rings. The van der Waals surface area contributed by atoms with Crippen molar-refractivity contribution in [3.8, 4) is 0 Å². The Morgan fingerprint density at radius 1 is 1.31 bits per heavy atom. The van der Waals surface area contributed by atoms with Crippen LogP contribution in [-0.4, -0.2) is 11.5 Å². The highest BCUT2D eigenvalue weighted by Gasteiger charge is 2.32. The van der Waals surface area contributed by atoms with Gasteiger partial charge in [-0.1, -0.05) is 17.3 Å². The van der Waals surface area contributed by atoms with Crippen molar-refractivity contribution in [2.75, 3.05) is 6.61 Å². The second-order valence-corrected chi connectivity index (χ2v) is 5.81. The molecular weight excluding hydrogens is 180 g/mol. The molecule has 1 unspecified atom stereocenters. The van der Waals surface area contributed by atoms with E-state index in [1.807, 2.05) is 11.8 Å². The highest BCUT2D eigenvalue weighted by Crippen LogP contribution is 2.45. The lowest BCUT2D eigenvalue weighted by Crippen LogP contribution is -2.17. The molecule has 1 fully saturated rings. The first-order valence-corrected chi connectivity index (χ1v) is 6.03. The fourth-order valence-corrected chi connectivity index (χ4v) is 3.53. The topological polar surface area (TPSA) is 9.23 Å². The summed E-state index contributed by atoms with van der Waals surface area (Å²) in [5.41, 5.74) is 1.60. The maximum Gasteiger partial charge on any atom is 0.115 e. The predicted octanol–water partition coefficient (Wildman–Crippen LogP) is 3.70. The van der Waals surface area contributed by atoms with Crippen molar-refractivity contribution in [3.63, 3.8) is 0 Å². The fraction of sp³-hybridized carbons (Fsp3) is 0.818. The van der Waals surface area contributed by atoms with Gasteiger partial charge in [-0.05, 0) is 50.9 Å². The maximum absolute atomic E-state index is 5.78. The second kappa shape index (κ2) is 3.66. The van der Waals surface area contributed by atoms with Crippen molar-refractivity contribution in [3.05, 3.63) is 10.5 Å². The van der Waals surface area contributed by atoms with Gasteiger partial charge in [0.25, 0.3) is 0 Å². The van der Waals surface area contributed by atoms with Gasteiger partial charge in [-0.3, -0.25) is 0 Å². The average molecular weight is 198 g/mol. The lowest BCUT2D eigenvalue weighted by atomic mass is 10.3. The molecule has 1 aliphatic carbocycles. The summed E-state index contributed by atoms with van der Waals surface area (Å²) in [5.74, 6) is 0. The lowest BCUT2D eigenvalue weighted by Gasteiger charge is -2.23. The zero-order valence-electron chi connectivity index (χ0n) is 8.56. The average Bonchev–Trinajstić information content (AvgIpc) is 2.64. The van der Waals surface area contributed by atoms with E-state index in [0.717, 1.165) is 6.61 Å². The van der Waals surface area contributed by atoms with Gasteiger partial charge in [-0.2, -0.15) is 0 Å². The fourth-order valence-electron chi connectivity index (χ4n) is 2.10. The van der Waals surface area contributed by atoms with E-state index in [9.17, 15) is 0 Å². The molecule has 2 aliphatic rings. The molecular formula is C11H18OS. The molecule has 0 spiro atoms. The van der Waals surface area contributed by atoms with Gasteiger partial charge in [0, 0.05) is 6.61 Å². The molecule has 1 saturated heterocycles. The summed E-state index contributed by atoms with van der Waals surface area (Å²) in [5, 5.41) is 0. The molecule has 2 rings (SSSR count). The third-order valence-electron chi connectivity index (χ3n) is 2.95. The molecule has 0 aromatic carbocycles. The second-order valence-electron chi connectivity index (χ2n) is 4.24. The largest absolute Gasteiger partial charge is 0.364 e. The summed E-state index contributed by atoms with van der Waals surface area (Å²) in [6.45, 7) is 5.47. The molecule has 0 bridgehead atoms. The van der Waals surface area contributed by atoms with Gasteiger partial charge in [-0.25, -0.2) is 0 Å². The van der Waals surface area contributed by atoms with Crippen molar-refractivity contribution in [2.24, 2.45) is 0 Å². The van der Waals surface area contributed by atoms with Crippen LogP contribution < -0.4 is 0 Å². The quantitative estimate of drug-likeness (QED) is 0.669. The third kappa shape index (κ3) is 2.10. The zero-order valence-corrected chi connectivity index (χ0v) is 9.38. The first kappa shape index (κ1) is 9.60. The van der Waals surface area contributed by atoms with Crippen LogP contribution in [0.3, 0.4) is 0 Å². The van der Waals surface area contributed by atoms with Crippen LogP contribution in [0.1, 0.15) is 46.0 Å². The van der Waals surface area contributed by atoms with E-state index in [-0.39, 0.29) is 4.93 Å². The molecule has 1 aliphatic heterocycles. The molecule has 74 valence electrons. The number of rotatable bonds is 2. The van der Waals surface area contributed by atoms with Crippen molar-refractivity contribution in [1.82, 2.24) is 0 Å². The monoisotopic (exact) mass is 198 g/mol. The SMILES string of the molecule is CC1=C(SC2(C)CCCO2)CCC1. The Morgan fingerprint density at radius 3 is 2.69 bits per heavy atom. The van der Waals surface area contributed by atoms with Gasteiger partial charge in [-0.15, -0.1) is 0 Å². The summed E-state index contributed by atoms with van der Waals surface area (Å²) in [4.78, 5) is 1.70. The highest BCUT2D eigenvalue weighted by molar-refractivity contribution is 8.04. The minimum atomic E-state index is 0.0981. The first-order valence-electron chi connectivity index (χ1n) is 5.21. The van der Waals surface area contributed by atoms with Crippen molar-refractivity contribution in [1.29, 1.82) is 0 Å². The molecule has 2 heteroatoms. The van der Waals surface area contributed by atoms with E-state index >= 15 is 0 Å². The highest BCUT2D eigenvalue weighted by atomic mass is 32.2. The van der Waals surface area contributed by atoms with Crippen LogP contribution in [0.5, 0.6) is 0 Å². The Balaban J connectivity index is 2.00. The Morgan fingerprint density at radius 2 is 2.15 bits per heavy atom. The van der Waals surface area contributed by atoms with E-state index in [0.29, 0.717) is 0 Å². The van der Waals surface area contributed by atoms with Crippen molar-refractivity contribution in [2.45, 2.75) is 50.9 Å². The van der Waals surface area contributed by atoms with Crippen LogP contribution in [-0.2, 0) is 4.74 Å². The first-order chi connectivity index (χ1) is 6.20. The molecule has 0 radical (unpaired) electrons. The van der Waals surface area contributed by atoms with Crippen LogP contribution in [0.2, 0.25) is 0 Å². The number of allylic oxidation sites excluding steroid dienone is 2. The standard InChI is InChI=1S/C11H18OS/c1-9-5-3-6-10(9)13-11(2)7-4-8-12-11/h3-8H2,1-2H3. The molecule has 0 saturated carbocycles. The molecule has 1 heterocycles. The van der Waals surface area contributed by atoms with E-state index in [1.54, 1.807) is 10.5 Å². The predicted molar refractivity (Wildman–Crippen MR) is 57.7 cm³/mol.